The molecule has 17 aliphatic rings. The average molecular weight is 1820 g/mol. The predicted octanol–water partition coefficient (Wildman–Crippen LogP) is 16.0. The van der Waals surface area contributed by atoms with Crippen molar-refractivity contribution in [3.05, 3.63) is 186 Å². The summed E-state index contributed by atoms with van der Waals surface area (Å²) >= 11 is 0. The first kappa shape index (κ1) is 88.1. The Kier molecular flexibility index (Phi) is 22.9. The highest BCUT2D eigenvalue weighted by Crippen LogP contribution is 2.56. The third-order valence-corrected chi connectivity index (χ3v) is 33.2. The normalized spacial score (nSPS) is 41.3. The van der Waals surface area contributed by atoms with Crippen LogP contribution in [0.4, 0.5) is 0 Å². The summed E-state index contributed by atoms with van der Waals surface area (Å²) in [5, 5.41) is 33.8. The number of ether oxygens (including phenoxy) is 16. The van der Waals surface area contributed by atoms with E-state index in [1.165, 1.54) is 6.08 Å². The minimum atomic E-state index is -1.11. The SMILES string of the molecule is C/C(C=O)=C\C[C@H]1C[C@]2(C)O[C@@H]3C[C@@H]4O[C@@H]5C[C@@H]6O[C@]7(C)CC[C@@H]8O[C@@H]9C[C@@H]%10O[C@@H]%11C[C@@H]%12O[C@@H]%13C[C@@H]%14O[C@@H]%15CC[C@H](O)[C@@](C)(CO)O[C@@]%15(C)C[C@H]%14O[C@H]%13C[C@H]%12O[C@@]%11(C)[C@@H](O)C[C@H]%10O[C@H]9CC[C@H]8O[C@H]7C[C@H]6O[C@H]5C[C@H]4O[C@@H]3[C@@H](OC(=O)/C=C/c3ccc(-c4c5nc(c(-c6ccccc6)c6ccc([nH]6)c(-c6ccccc6)c6nc(c(-c7ccccc7)c7ccc4[nH]7)C=C6)C=C5)cc3)C[C@H]2O1. The molecule has 25 nitrogen and oxygen atoms in total. The molecule has 8 bridgehead atoms. The maximum Gasteiger partial charge on any atom is 0.331 e. The zero-order chi connectivity index (χ0) is 90.8. The quantitative estimate of drug-likeness (QED) is 0.0456. The highest BCUT2D eigenvalue weighted by atomic mass is 16.7. The van der Waals surface area contributed by atoms with Gasteiger partial charge in [0.05, 0.1) is 205 Å². The van der Waals surface area contributed by atoms with Gasteiger partial charge in [-0.2, -0.15) is 0 Å². The second kappa shape index (κ2) is 34.8. The first-order valence-electron chi connectivity index (χ1n) is 49.4. The topological polar surface area (TPSA) is 300 Å². The van der Waals surface area contributed by atoms with E-state index in [9.17, 15) is 24.9 Å². The van der Waals surface area contributed by atoms with Crippen molar-refractivity contribution in [3.63, 3.8) is 0 Å². The van der Waals surface area contributed by atoms with Gasteiger partial charge >= 0.3 is 5.97 Å². The lowest BCUT2D eigenvalue weighted by Crippen LogP contribution is -2.67. The smallest absolute Gasteiger partial charge is 0.331 e. The number of nitrogens with one attached hydrogen (secondary N) is 2. The van der Waals surface area contributed by atoms with Gasteiger partial charge in [0.15, 0.2) is 0 Å². The highest BCUT2D eigenvalue weighted by Gasteiger charge is 2.65. The summed E-state index contributed by atoms with van der Waals surface area (Å²) in [6.45, 7) is 11.6. The first-order chi connectivity index (χ1) is 65.0. The number of fused-ring (bicyclic) bond motifs is 22. The molecule has 0 spiro atoms. The zero-order valence-corrected chi connectivity index (χ0v) is 76.8. The predicted molar refractivity (Wildman–Crippen MR) is 499 cm³/mol. The summed E-state index contributed by atoms with van der Waals surface area (Å²) in [7, 11) is 0. The largest absolute Gasteiger partial charge is 0.456 e. The van der Waals surface area contributed by atoms with E-state index in [1.807, 2.05) is 50.3 Å². The third-order valence-electron chi connectivity index (χ3n) is 33.2. The zero-order valence-electron chi connectivity index (χ0n) is 76.8. The maximum absolute atomic E-state index is 14.8. The monoisotopic (exact) mass is 1820 g/mol. The molecule has 134 heavy (non-hydrogen) atoms. The Hall–Kier alpha value is -8.62. The number of carbonyl (C=O) groups excluding carboxylic acids is 2. The molecule has 5 N–H and O–H groups in total. The van der Waals surface area contributed by atoms with Gasteiger partial charge in [0.25, 0.3) is 0 Å². The summed E-state index contributed by atoms with van der Waals surface area (Å²) in [5.74, 6) is -0.529. The van der Waals surface area contributed by atoms with Gasteiger partial charge in [-0.1, -0.05) is 121 Å². The van der Waals surface area contributed by atoms with Crippen molar-refractivity contribution in [2.45, 2.75) is 362 Å². The third kappa shape index (κ3) is 16.0. The molecule has 4 aromatic carbocycles. The number of hydrogen-bond donors (Lipinski definition) is 5. The molecule has 0 unspecified atom stereocenters. The number of aromatic nitrogens is 4. The number of nitrogens with zero attached hydrogens (tertiary/aromatic N) is 2. The molecule has 25 heteroatoms. The minimum Gasteiger partial charge on any atom is -0.456 e. The van der Waals surface area contributed by atoms with E-state index < -0.39 is 82.8 Å². The Morgan fingerprint density at radius 2 is 0.858 bits per heavy atom. The van der Waals surface area contributed by atoms with Gasteiger partial charge in [0, 0.05) is 127 Å². The average Bonchev–Trinajstić information content (AvgIpc) is 1.28. The summed E-state index contributed by atoms with van der Waals surface area (Å²) in [6.07, 6.45) is 15.0. The number of aldehydes is 1. The molecule has 15 fully saturated rings. The molecule has 0 amide bonds. The number of rotatable bonds is 11. The van der Waals surface area contributed by atoms with Crippen molar-refractivity contribution in [1.29, 1.82) is 0 Å². The fourth-order valence-electron chi connectivity index (χ4n) is 26.1. The Balaban J connectivity index is 0.451. The summed E-state index contributed by atoms with van der Waals surface area (Å²) in [4.78, 5) is 45.4. The number of H-pyrrole nitrogens is 2. The van der Waals surface area contributed by atoms with Crippen LogP contribution in [0.1, 0.15) is 192 Å². The van der Waals surface area contributed by atoms with Crippen molar-refractivity contribution < 1.29 is 101 Å². The van der Waals surface area contributed by atoms with Crippen LogP contribution in [0.25, 0.3) is 97.0 Å². The second-order valence-corrected chi connectivity index (χ2v) is 42.1. The lowest BCUT2D eigenvalue weighted by molar-refractivity contribution is -0.339. The molecule has 3 aromatic heterocycles. The minimum absolute atomic E-state index is 0.215. The molecule has 0 saturated carbocycles. The van der Waals surface area contributed by atoms with Gasteiger partial charge < -0.3 is 101 Å². The molecule has 0 radical (unpaired) electrons. The molecule has 17 aliphatic heterocycles. The van der Waals surface area contributed by atoms with Crippen LogP contribution in [0.3, 0.4) is 0 Å². The van der Waals surface area contributed by atoms with Gasteiger partial charge in [-0.25, -0.2) is 14.8 Å². The highest BCUT2D eigenvalue weighted by molar-refractivity contribution is 6.00. The van der Waals surface area contributed by atoms with Crippen LogP contribution in [-0.2, 0) is 85.4 Å². The van der Waals surface area contributed by atoms with Crippen molar-refractivity contribution in [2.75, 3.05) is 6.61 Å². The van der Waals surface area contributed by atoms with E-state index in [0.29, 0.717) is 102 Å². The number of aliphatic hydroxyl groups is 3. The Labute approximate surface area is 780 Å². The fourth-order valence-corrected chi connectivity index (χ4v) is 26.1. The molecule has 24 rings (SSSR count). The summed E-state index contributed by atoms with van der Waals surface area (Å²) < 4.78 is 113. The summed E-state index contributed by atoms with van der Waals surface area (Å²) in [5.41, 5.74) is 11.7. The van der Waals surface area contributed by atoms with Crippen LogP contribution in [0.2, 0.25) is 0 Å². The Bertz CT molecular complexity index is 5870. The van der Waals surface area contributed by atoms with E-state index in [-0.39, 0.29) is 129 Å². The first-order valence-corrected chi connectivity index (χ1v) is 49.4. The molecular weight excluding hydrogens is 1700 g/mol. The standard InChI is InChI=1S/C109H122N4O21/c1-58(56-114)22-28-64-54-106(3)97(119-64)53-90(129-99(118)41-25-59-23-26-63(27-24-59)103-71-35-33-69(112-71)101(61-18-12-8-13-19-61)67-31-29-65(110-67)100(60-16-10-7-11-17-60)66-30-32-68(111-66)102(62-20-14-9-15-21-62)70-34-36-72(103)113-70)104-91(132-106)49-81-83(130-104)45-77-79(122-81)47-88-86(123-77)51-96-105(2,131-88)43-42-75-73(126-96)37-38-74-76(121-75)44-82-85(120-74)50-94(117)109(6)98(128-82)52-87-89(133-109)48-80-78(124-87)46-84-92(125-80)55-107(4)95(127-84)40-39-93(116)108(5,57-115)134-107/h7-27,29-36,41,56,64,73-98,104,110,113,115-117H,28,37-40,42-55,57H2,1-6H3/b41-25+,58-22+,100-65?,100-66?,101-67?,101-69?,102-68?,102-70?,103-71?,103-72?/t64-,73+,74-,75-,76+,77-,78+,79+,80-,81-,82-,83+,84-,85+,86+,87-,88-,89+,90-,91+,92+,93-,94-,95+,96-,97+,98+,104+,105+,106-,107-,108+,109-/m0/s1. The number of esters is 1. The van der Waals surface area contributed by atoms with Crippen LogP contribution in [-0.4, -0.2) is 253 Å². The van der Waals surface area contributed by atoms with Gasteiger partial charge in [0.1, 0.15) is 29.7 Å². The van der Waals surface area contributed by atoms with Crippen LogP contribution >= 0.6 is 0 Å². The fraction of sp³-hybridized carbons (Fsp3) is 0.541. The van der Waals surface area contributed by atoms with Crippen molar-refractivity contribution >= 4 is 64.7 Å². The van der Waals surface area contributed by atoms with Crippen molar-refractivity contribution in [1.82, 2.24) is 19.9 Å². The Morgan fingerprint density at radius 3 is 1.43 bits per heavy atom. The van der Waals surface area contributed by atoms with Crippen LogP contribution in [0, 0.1) is 0 Å². The van der Waals surface area contributed by atoms with Gasteiger partial charge in [-0.3, -0.25) is 4.79 Å². The number of aromatic amines is 2. The summed E-state index contributed by atoms with van der Waals surface area (Å²) in [6, 6.07) is 47.9. The van der Waals surface area contributed by atoms with Crippen LogP contribution in [0.5, 0.6) is 0 Å². The second-order valence-electron chi connectivity index (χ2n) is 42.1. The molecule has 20 heterocycles. The van der Waals surface area contributed by atoms with E-state index >= 15 is 0 Å². The van der Waals surface area contributed by atoms with Crippen LogP contribution < -0.4 is 0 Å². The van der Waals surface area contributed by atoms with E-state index in [0.717, 1.165) is 127 Å². The molecular formula is C109H122N4O21. The lowest BCUT2D eigenvalue weighted by atomic mass is 9.78. The molecule has 33 atom stereocenters. The number of allylic oxidation sites excluding steroid dienone is 1. The van der Waals surface area contributed by atoms with Gasteiger partial charge in [-0.15, -0.1) is 0 Å². The van der Waals surface area contributed by atoms with Crippen molar-refractivity contribution in [2.24, 2.45) is 0 Å². The maximum atomic E-state index is 14.8. The number of benzene rings is 4. The number of hydrogen-bond acceptors (Lipinski definition) is 23. The number of carbonyl (C=O) groups is 2. The number of aliphatic hydroxyl groups excluding tert-OH is 3. The molecule has 0 aliphatic carbocycles. The van der Waals surface area contributed by atoms with Gasteiger partial charge in [0.2, 0.25) is 0 Å². The lowest BCUT2D eigenvalue weighted by Gasteiger charge is -2.57. The molecule has 15 saturated heterocycles. The van der Waals surface area contributed by atoms with Crippen LogP contribution in [0.15, 0.2) is 157 Å². The van der Waals surface area contributed by atoms with Gasteiger partial charge in [-0.05, 0) is 175 Å². The van der Waals surface area contributed by atoms with E-state index in [1.54, 1.807) is 19.9 Å². The van der Waals surface area contributed by atoms with E-state index in [2.05, 4.69) is 157 Å². The van der Waals surface area contributed by atoms with Crippen molar-refractivity contribution in [3.8, 4) is 44.5 Å². The molecule has 704 valence electrons. The Morgan fingerprint density at radius 1 is 0.418 bits per heavy atom. The molecule has 7 aromatic rings. The van der Waals surface area contributed by atoms with E-state index in [4.69, 9.17) is 85.8 Å².